The van der Waals surface area contributed by atoms with Crippen LogP contribution in [0.2, 0.25) is 0 Å². The van der Waals surface area contributed by atoms with E-state index < -0.39 is 71.0 Å². The minimum atomic E-state index is -9.36. The fourth-order valence-electron chi connectivity index (χ4n) is 1.81. The van der Waals surface area contributed by atoms with Crippen molar-refractivity contribution in [3.8, 4) is 0 Å². The zero-order chi connectivity index (χ0) is 30.2. The second-order valence-corrected chi connectivity index (χ2v) is 6.11. The van der Waals surface area contributed by atoms with Gasteiger partial charge >= 0.3 is 111 Å². The molecule has 0 radical (unpaired) electrons. The molecule has 0 aromatic rings. The Morgan fingerprint density at radius 3 is 0.811 bits per heavy atom. The molecule has 0 heterocycles. The monoisotopic (exact) mass is 635 g/mol. The fraction of sp³-hybridized carbons (Fsp3) is 0.909. The van der Waals surface area contributed by atoms with Crippen LogP contribution in [0.25, 0.3) is 0 Å². The van der Waals surface area contributed by atoms with Gasteiger partial charge in [-0.15, -0.1) is 4.90 Å². The summed E-state index contributed by atoms with van der Waals surface area (Å²) in [6.45, 7) is 0. The molecule has 0 unspecified atom stereocenters. The van der Waals surface area contributed by atoms with E-state index in [2.05, 4.69) is 0 Å². The summed E-state index contributed by atoms with van der Waals surface area (Å²) in [5.41, 5.74) is 0. The van der Waals surface area contributed by atoms with Gasteiger partial charge < -0.3 is 9.90 Å². The number of aliphatic carboxylic acids is 1. The Morgan fingerprint density at radius 1 is 0.432 bits per heavy atom. The number of carboxylic acid groups (broad SMARTS) is 1. The molecule has 0 rings (SSSR count). The summed E-state index contributed by atoms with van der Waals surface area (Å²) < 4.78 is 285. The summed E-state index contributed by atoms with van der Waals surface area (Å²) in [4.78, 5) is 4.33. The first-order chi connectivity index (χ1) is 15.1. The summed E-state index contributed by atoms with van der Waals surface area (Å²) in [6.07, 6.45) is -16.4. The molecule has 0 aromatic carbocycles. The van der Waals surface area contributed by atoms with Crippen LogP contribution in [-0.4, -0.2) is 71.0 Å². The van der Waals surface area contributed by atoms with Gasteiger partial charge in [0.2, 0.25) is 0 Å². The van der Waals surface area contributed by atoms with E-state index in [4.69, 9.17) is 0 Å². The van der Waals surface area contributed by atoms with Crippen LogP contribution in [0.4, 0.5) is 96.6 Å². The Labute approximate surface area is 228 Å². The summed E-state index contributed by atoms with van der Waals surface area (Å²) >= 11 is 0. The van der Waals surface area contributed by atoms with Crippen LogP contribution >= 0.6 is 0 Å². The quantitative estimate of drug-likeness (QED) is 0.222. The average molecular weight is 635 g/mol. The van der Waals surface area contributed by atoms with Gasteiger partial charge in [0, 0.05) is 0 Å². The van der Waals surface area contributed by atoms with E-state index in [1.54, 1.807) is 0 Å². The average Bonchev–Trinajstić information content (AvgIpc) is 2.57. The summed E-state index contributed by atoms with van der Waals surface area (Å²) in [7, 11) is 0. The molecular weight excluding hydrogens is 635 g/mol. The molecule has 0 amide bonds. The van der Waals surface area contributed by atoms with Crippen molar-refractivity contribution in [1.82, 2.24) is 4.90 Å². The van der Waals surface area contributed by atoms with Crippen LogP contribution in [0.5, 0.6) is 0 Å². The SMILES string of the molecule is O=C([O-])C(F)(F)C(F)(F)N(C(F)(F)C(F)(F)C(F)(F)C(F)(F)F)C(F)(F)C(F)(F)C(F)(F)C(F)(F)F.[K+]. The molecule has 0 saturated carbocycles. The third-order valence-corrected chi connectivity index (χ3v) is 3.73. The standard InChI is InChI=1S/C11HF22NO2.K/c12-2(13,1(35)36)9(28,29)34(10(30,31)5(18,19)3(14,15)7(22,23)24)11(32,33)6(20,21)4(16,17)8(25,26)27;/h(H,35,36);/q;+1/p-1. The number of carbonyl (C=O) groups is 1. The molecule has 0 fully saturated rings. The zero-order valence-corrected chi connectivity index (χ0v) is 19.2. The summed E-state index contributed by atoms with van der Waals surface area (Å²) in [5, 5.41) is 9.95. The van der Waals surface area contributed by atoms with Crippen LogP contribution in [0.15, 0.2) is 0 Å². The Balaban J connectivity index is 0. The van der Waals surface area contributed by atoms with Crippen LogP contribution in [0.3, 0.4) is 0 Å². The van der Waals surface area contributed by atoms with E-state index in [0.29, 0.717) is 0 Å². The van der Waals surface area contributed by atoms with Crippen LogP contribution in [-0.2, 0) is 4.79 Å². The maximum atomic E-state index is 13.7. The molecule has 0 atom stereocenters. The first kappa shape index (κ1) is 38.7. The van der Waals surface area contributed by atoms with E-state index in [1.807, 2.05) is 0 Å². The molecule has 3 nitrogen and oxygen atoms in total. The van der Waals surface area contributed by atoms with Gasteiger partial charge in [-0.05, 0) is 0 Å². The van der Waals surface area contributed by atoms with Crippen molar-refractivity contribution < 1.29 is 158 Å². The van der Waals surface area contributed by atoms with Gasteiger partial charge in [0.1, 0.15) is 5.97 Å². The summed E-state index contributed by atoms with van der Waals surface area (Å²) in [6, 6.07) is -27.6. The minimum Gasteiger partial charge on any atom is -0.544 e. The first-order valence-electron chi connectivity index (χ1n) is 7.24. The third-order valence-electron chi connectivity index (χ3n) is 3.73. The van der Waals surface area contributed by atoms with Crippen molar-refractivity contribution in [3.05, 3.63) is 0 Å². The molecule has 0 aliphatic heterocycles. The van der Waals surface area contributed by atoms with Gasteiger partial charge in [0.05, 0.1) is 0 Å². The Hall–Kier alpha value is -0.474. The number of carbonyl (C=O) groups excluding carboxylic acids is 1. The maximum absolute atomic E-state index is 13.7. The number of halogens is 22. The number of alkyl halides is 22. The molecule has 0 aliphatic rings. The topological polar surface area (TPSA) is 43.4 Å². The normalized spacial score (nSPS) is 16.1. The van der Waals surface area contributed by atoms with Crippen molar-refractivity contribution >= 4 is 5.97 Å². The van der Waals surface area contributed by atoms with E-state index in [9.17, 15) is 106 Å². The molecule has 26 heteroatoms. The van der Waals surface area contributed by atoms with Gasteiger partial charge in [-0.25, -0.2) is 0 Å². The van der Waals surface area contributed by atoms with Crippen LogP contribution in [0, 0.1) is 0 Å². The van der Waals surface area contributed by atoms with E-state index in [1.165, 1.54) is 0 Å². The van der Waals surface area contributed by atoms with Crippen LogP contribution in [0.1, 0.15) is 0 Å². The van der Waals surface area contributed by atoms with E-state index in [-0.39, 0.29) is 51.4 Å². The number of rotatable bonds is 9. The molecule has 0 spiro atoms. The van der Waals surface area contributed by atoms with Gasteiger partial charge in [-0.1, -0.05) is 0 Å². The molecule has 0 aromatic heterocycles. The summed E-state index contributed by atoms with van der Waals surface area (Å²) in [5.74, 6) is -48.9. The second kappa shape index (κ2) is 9.86. The van der Waals surface area contributed by atoms with Crippen molar-refractivity contribution in [2.24, 2.45) is 0 Å². The molecule has 0 aliphatic carbocycles. The first-order valence-corrected chi connectivity index (χ1v) is 7.24. The predicted octanol–water partition coefficient (Wildman–Crippen LogP) is 2.12. The van der Waals surface area contributed by atoms with Crippen molar-refractivity contribution in [2.45, 2.75) is 60.1 Å². The van der Waals surface area contributed by atoms with Gasteiger partial charge in [-0.2, -0.15) is 96.6 Å². The number of hydrogen-bond acceptors (Lipinski definition) is 3. The number of hydrogen-bond donors (Lipinski definition) is 0. The van der Waals surface area contributed by atoms with Crippen molar-refractivity contribution in [1.29, 1.82) is 0 Å². The van der Waals surface area contributed by atoms with Crippen molar-refractivity contribution in [2.75, 3.05) is 0 Å². The molecule has 37 heavy (non-hydrogen) atoms. The largest absolute Gasteiger partial charge is 1.00 e. The molecule has 0 saturated heterocycles. The smallest absolute Gasteiger partial charge is 0.544 e. The van der Waals surface area contributed by atoms with Gasteiger partial charge in [0.25, 0.3) is 0 Å². The third kappa shape index (κ3) is 5.33. The predicted molar refractivity (Wildman–Crippen MR) is 58.5 cm³/mol. The Morgan fingerprint density at radius 2 is 0.649 bits per heavy atom. The zero-order valence-electron chi connectivity index (χ0n) is 16.1. The fourth-order valence-corrected chi connectivity index (χ4v) is 1.81. The van der Waals surface area contributed by atoms with Gasteiger partial charge in [0.15, 0.2) is 0 Å². The van der Waals surface area contributed by atoms with Gasteiger partial charge in [-0.3, -0.25) is 0 Å². The van der Waals surface area contributed by atoms with Crippen molar-refractivity contribution in [3.63, 3.8) is 0 Å². The van der Waals surface area contributed by atoms with E-state index >= 15 is 0 Å². The number of nitrogens with zero attached hydrogens (tertiary/aromatic N) is 1. The minimum absolute atomic E-state index is 0. The Kier molecular flexibility index (Phi) is 10.3. The molecule has 216 valence electrons. The molecule has 0 N–H and O–H groups in total. The molecular formula is C11F22KNO2. The second-order valence-electron chi connectivity index (χ2n) is 6.11. The molecule has 0 bridgehead atoms. The Bertz CT molecular complexity index is 793. The maximum Gasteiger partial charge on any atom is 1.00 e. The van der Waals surface area contributed by atoms with Crippen LogP contribution < -0.4 is 56.5 Å². The number of carboxylic acids is 1. The van der Waals surface area contributed by atoms with E-state index in [0.717, 1.165) is 0 Å².